The van der Waals surface area contributed by atoms with Crippen molar-refractivity contribution in [2.24, 2.45) is 5.92 Å². The Morgan fingerprint density at radius 2 is 2.43 bits per heavy atom. The first-order valence-electron chi connectivity index (χ1n) is 4.80. The van der Waals surface area contributed by atoms with Gasteiger partial charge in [0.1, 0.15) is 6.04 Å². The fourth-order valence-corrected chi connectivity index (χ4v) is 1.54. The molecule has 0 aliphatic carbocycles. The van der Waals surface area contributed by atoms with E-state index in [4.69, 9.17) is 14.9 Å². The molecule has 0 spiro atoms. The van der Waals surface area contributed by atoms with Crippen LogP contribution in [0.5, 0.6) is 0 Å². The highest BCUT2D eigenvalue weighted by molar-refractivity contribution is 5.73. The zero-order chi connectivity index (χ0) is 10.6. The van der Waals surface area contributed by atoms with Crippen LogP contribution in [0.25, 0.3) is 0 Å². The van der Waals surface area contributed by atoms with Gasteiger partial charge in [-0.1, -0.05) is 6.92 Å². The molecule has 5 heteroatoms. The van der Waals surface area contributed by atoms with E-state index in [1.807, 2.05) is 11.8 Å². The lowest BCUT2D eigenvalue weighted by Crippen LogP contribution is -2.51. The topological polar surface area (TPSA) is 70.0 Å². The Bertz CT molecular complexity index is 197. The van der Waals surface area contributed by atoms with E-state index in [1.165, 1.54) is 0 Å². The molecular weight excluding hydrogens is 186 g/mol. The van der Waals surface area contributed by atoms with Crippen LogP contribution in [0.3, 0.4) is 0 Å². The van der Waals surface area contributed by atoms with Crippen LogP contribution in [0, 0.1) is 5.92 Å². The van der Waals surface area contributed by atoms with Crippen molar-refractivity contribution in [3.63, 3.8) is 0 Å². The second-order valence-corrected chi connectivity index (χ2v) is 3.71. The Morgan fingerprint density at radius 1 is 1.71 bits per heavy atom. The summed E-state index contributed by atoms with van der Waals surface area (Å²) >= 11 is 0. The van der Waals surface area contributed by atoms with Gasteiger partial charge in [-0.3, -0.25) is 9.69 Å². The number of morpholine rings is 1. The Morgan fingerprint density at radius 3 is 3.00 bits per heavy atom. The summed E-state index contributed by atoms with van der Waals surface area (Å²) in [4.78, 5) is 12.7. The van der Waals surface area contributed by atoms with Crippen LogP contribution in [0.2, 0.25) is 0 Å². The van der Waals surface area contributed by atoms with Gasteiger partial charge >= 0.3 is 5.97 Å². The molecule has 1 rings (SSSR count). The largest absolute Gasteiger partial charge is 0.480 e. The van der Waals surface area contributed by atoms with E-state index in [-0.39, 0.29) is 19.1 Å². The zero-order valence-corrected chi connectivity index (χ0v) is 8.35. The highest BCUT2D eigenvalue weighted by Gasteiger charge is 2.29. The zero-order valence-electron chi connectivity index (χ0n) is 8.35. The molecular formula is C9H17NO4. The van der Waals surface area contributed by atoms with Crippen molar-refractivity contribution in [1.82, 2.24) is 4.90 Å². The average molecular weight is 203 g/mol. The maximum Gasteiger partial charge on any atom is 0.323 e. The Balaban J connectivity index is 2.49. The van der Waals surface area contributed by atoms with Gasteiger partial charge in [0.15, 0.2) is 0 Å². The van der Waals surface area contributed by atoms with E-state index < -0.39 is 12.0 Å². The summed E-state index contributed by atoms with van der Waals surface area (Å²) in [5.74, 6) is -0.746. The van der Waals surface area contributed by atoms with Gasteiger partial charge in [0.05, 0.1) is 13.2 Å². The fraction of sp³-hybridized carbons (Fsp3) is 0.889. The fourth-order valence-electron chi connectivity index (χ4n) is 1.54. The lowest BCUT2D eigenvalue weighted by Gasteiger charge is -2.34. The molecule has 1 fully saturated rings. The summed E-state index contributed by atoms with van der Waals surface area (Å²) in [6.07, 6.45) is 0. The van der Waals surface area contributed by atoms with Crippen LogP contribution < -0.4 is 0 Å². The summed E-state index contributed by atoms with van der Waals surface area (Å²) in [6.45, 7) is 4.03. The minimum atomic E-state index is -0.852. The molecule has 0 aromatic carbocycles. The van der Waals surface area contributed by atoms with Crippen LogP contribution in [0.4, 0.5) is 0 Å². The molecule has 0 radical (unpaired) electrons. The highest BCUT2D eigenvalue weighted by Crippen LogP contribution is 2.09. The molecule has 0 aromatic rings. The number of aliphatic hydroxyl groups excluding tert-OH is 1. The Kier molecular flexibility index (Phi) is 4.31. The van der Waals surface area contributed by atoms with Gasteiger partial charge in [-0.2, -0.15) is 0 Å². The third kappa shape index (κ3) is 2.94. The van der Waals surface area contributed by atoms with Gasteiger partial charge in [-0.25, -0.2) is 0 Å². The van der Waals surface area contributed by atoms with Crippen LogP contribution in [-0.2, 0) is 9.53 Å². The molecule has 0 bridgehead atoms. The van der Waals surface area contributed by atoms with Gasteiger partial charge in [0.25, 0.3) is 0 Å². The van der Waals surface area contributed by atoms with Gasteiger partial charge in [-0.05, 0) is 5.92 Å². The third-order valence-corrected chi connectivity index (χ3v) is 2.38. The van der Waals surface area contributed by atoms with Crippen LogP contribution in [0.15, 0.2) is 0 Å². The summed E-state index contributed by atoms with van der Waals surface area (Å²) in [7, 11) is 0. The molecule has 1 heterocycles. The molecule has 0 aromatic heterocycles. The van der Waals surface area contributed by atoms with E-state index in [1.54, 1.807) is 0 Å². The van der Waals surface area contributed by atoms with E-state index >= 15 is 0 Å². The molecule has 14 heavy (non-hydrogen) atoms. The second-order valence-electron chi connectivity index (χ2n) is 3.71. The summed E-state index contributed by atoms with van der Waals surface area (Å²) in [5.41, 5.74) is 0. The monoisotopic (exact) mass is 203 g/mol. The molecule has 82 valence electrons. The van der Waals surface area contributed by atoms with Gasteiger partial charge in [-0.15, -0.1) is 0 Å². The number of hydrogen-bond donors (Lipinski definition) is 2. The lowest BCUT2D eigenvalue weighted by molar-refractivity contribution is -0.150. The van der Waals surface area contributed by atoms with Crippen LogP contribution >= 0.6 is 0 Å². The molecule has 2 atom stereocenters. The number of rotatable bonds is 4. The van der Waals surface area contributed by atoms with Crippen molar-refractivity contribution >= 4 is 5.97 Å². The second kappa shape index (κ2) is 5.29. The highest BCUT2D eigenvalue weighted by atomic mass is 16.5. The first-order valence-corrected chi connectivity index (χ1v) is 4.80. The van der Waals surface area contributed by atoms with E-state index in [0.29, 0.717) is 19.7 Å². The van der Waals surface area contributed by atoms with Crippen LogP contribution in [-0.4, -0.2) is 60.0 Å². The molecule has 2 N–H and O–H groups in total. The summed E-state index contributed by atoms with van der Waals surface area (Å²) < 4.78 is 5.10. The number of nitrogens with zero attached hydrogens (tertiary/aromatic N) is 1. The number of carbonyl (C=O) groups is 1. The van der Waals surface area contributed by atoms with Crippen molar-refractivity contribution in [1.29, 1.82) is 0 Å². The first-order chi connectivity index (χ1) is 6.65. The number of carboxylic acids is 1. The Labute approximate surface area is 83.3 Å². The maximum absolute atomic E-state index is 10.9. The number of ether oxygens (including phenoxy) is 1. The molecule has 2 unspecified atom stereocenters. The van der Waals surface area contributed by atoms with Gasteiger partial charge < -0.3 is 14.9 Å². The van der Waals surface area contributed by atoms with E-state index in [9.17, 15) is 4.79 Å². The Hall–Kier alpha value is -0.650. The smallest absolute Gasteiger partial charge is 0.323 e. The minimum Gasteiger partial charge on any atom is -0.480 e. The van der Waals surface area contributed by atoms with Crippen molar-refractivity contribution in [2.45, 2.75) is 13.0 Å². The van der Waals surface area contributed by atoms with Gasteiger partial charge in [0, 0.05) is 19.7 Å². The maximum atomic E-state index is 10.9. The van der Waals surface area contributed by atoms with Crippen molar-refractivity contribution in [2.75, 3.05) is 32.9 Å². The molecule has 0 amide bonds. The predicted octanol–water partition coefficient (Wildman–Crippen LogP) is -0.600. The van der Waals surface area contributed by atoms with E-state index in [2.05, 4.69) is 0 Å². The predicted molar refractivity (Wildman–Crippen MR) is 50.1 cm³/mol. The average Bonchev–Trinajstić information content (AvgIpc) is 2.18. The SMILES string of the molecule is CC(CO)CN1CCOCC1C(=O)O. The third-order valence-electron chi connectivity index (χ3n) is 2.38. The molecule has 1 aliphatic rings. The summed E-state index contributed by atoms with van der Waals surface area (Å²) in [6, 6.07) is -0.558. The number of aliphatic carboxylic acids is 1. The van der Waals surface area contributed by atoms with E-state index in [0.717, 1.165) is 0 Å². The van der Waals surface area contributed by atoms with Crippen molar-refractivity contribution in [3.05, 3.63) is 0 Å². The number of aliphatic hydroxyl groups is 1. The van der Waals surface area contributed by atoms with Crippen molar-refractivity contribution < 1.29 is 19.7 Å². The van der Waals surface area contributed by atoms with Gasteiger partial charge in [0.2, 0.25) is 0 Å². The number of carboxylic acid groups (broad SMARTS) is 1. The standard InChI is InChI=1S/C9H17NO4/c1-7(5-11)4-10-2-3-14-6-8(10)9(12)13/h7-8,11H,2-6H2,1H3,(H,12,13). The summed E-state index contributed by atoms with van der Waals surface area (Å²) in [5, 5.41) is 17.8. The molecule has 5 nitrogen and oxygen atoms in total. The molecule has 0 saturated carbocycles. The normalized spacial score (nSPS) is 26.0. The first kappa shape index (κ1) is 11.4. The molecule has 1 saturated heterocycles. The van der Waals surface area contributed by atoms with Crippen molar-refractivity contribution in [3.8, 4) is 0 Å². The van der Waals surface area contributed by atoms with Crippen LogP contribution in [0.1, 0.15) is 6.92 Å². The molecule has 1 aliphatic heterocycles. The quantitative estimate of drug-likeness (QED) is 0.638. The lowest BCUT2D eigenvalue weighted by atomic mass is 10.1. The number of hydrogen-bond acceptors (Lipinski definition) is 4. The minimum absolute atomic E-state index is 0.0870.